The highest BCUT2D eigenvalue weighted by Crippen LogP contribution is 2.31. The normalized spacial score (nSPS) is 13.7. The third kappa shape index (κ3) is 3.73. The summed E-state index contributed by atoms with van der Waals surface area (Å²) in [6.45, 7) is 5.52. The van der Waals surface area contributed by atoms with Crippen molar-refractivity contribution in [3.63, 3.8) is 0 Å². The fourth-order valence-corrected chi connectivity index (χ4v) is 5.65. The predicted octanol–water partition coefficient (Wildman–Crippen LogP) is 3.30. The molecule has 0 amide bonds. The molecule has 0 radical (unpaired) electrons. The van der Waals surface area contributed by atoms with Gasteiger partial charge in [-0.15, -0.1) is 22.7 Å². The molecule has 0 saturated heterocycles. The summed E-state index contributed by atoms with van der Waals surface area (Å²) in [5.74, 6) is 0. The molecule has 21 heavy (non-hydrogen) atoms. The molecular weight excluding hydrogens is 324 g/mol. The average Bonchev–Trinajstić information content (AvgIpc) is 3.14. The highest BCUT2D eigenvalue weighted by Gasteiger charge is 2.28. The number of sulfonamides is 1. The van der Waals surface area contributed by atoms with E-state index in [9.17, 15) is 8.42 Å². The van der Waals surface area contributed by atoms with Crippen molar-refractivity contribution < 1.29 is 8.42 Å². The van der Waals surface area contributed by atoms with Gasteiger partial charge in [0.25, 0.3) is 10.0 Å². The summed E-state index contributed by atoms with van der Waals surface area (Å²) in [5, 5.41) is 5.17. The Hall–Kier alpha value is -0.730. The van der Waals surface area contributed by atoms with Crippen molar-refractivity contribution in [2.75, 3.05) is 13.6 Å². The second-order valence-electron chi connectivity index (χ2n) is 4.71. The minimum absolute atomic E-state index is 0.158. The maximum absolute atomic E-state index is 12.7. The molecule has 0 bridgehead atoms. The van der Waals surface area contributed by atoms with E-state index in [1.54, 1.807) is 24.5 Å². The van der Waals surface area contributed by atoms with Crippen molar-refractivity contribution in [3.05, 3.63) is 39.4 Å². The van der Waals surface area contributed by atoms with E-state index in [0.29, 0.717) is 10.8 Å². The lowest BCUT2D eigenvalue weighted by Gasteiger charge is -2.22. The van der Waals surface area contributed by atoms with Gasteiger partial charge in [0, 0.05) is 23.3 Å². The Bertz CT molecular complexity index is 662. The topological polar surface area (TPSA) is 49.4 Å². The van der Waals surface area contributed by atoms with Gasteiger partial charge < -0.3 is 5.32 Å². The van der Waals surface area contributed by atoms with Crippen molar-refractivity contribution in [2.24, 2.45) is 0 Å². The summed E-state index contributed by atoms with van der Waals surface area (Å²) in [7, 11) is -1.80. The van der Waals surface area contributed by atoms with Crippen LogP contribution in [0.25, 0.3) is 0 Å². The van der Waals surface area contributed by atoms with Crippen LogP contribution in [-0.2, 0) is 16.6 Å². The Kier molecular flexibility index (Phi) is 5.56. The van der Waals surface area contributed by atoms with Crippen LogP contribution in [-0.4, -0.2) is 26.3 Å². The minimum Gasteiger partial charge on any atom is -0.312 e. The molecule has 0 aliphatic carbocycles. The van der Waals surface area contributed by atoms with Crippen molar-refractivity contribution in [1.29, 1.82) is 0 Å². The molecule has 0 fully saturated rings. The van der Waals surface area contributed by atoms with Gasteiger partial charge in [0.05, 0.1) is 6.04 Å². The van der Waals surface area contributed by atoms with Gasteiger partial charge in [0.15, 0.2) is 0 Å². The zero-order chi connectivity index (χ0) is 15.5. The summed E-state index contributed by atoms with van der Waals surface area (Å²) in [4.78, 5) is 2.08. The Morgan fingerprint density at radius 3 is 2.71 bits per heavy atom. The second kappa shape index (κ2) is 7.02. The zero-order valence-electron chi connectivity index (χ0n) is 12.4. The number of nitrogens with one attached hydrogen (secondary N) is 1. The van der Waals surface area contributed by atoms with Crippen LogP contribution in [0.1, 0.15) is 29.6 Å². The van der Waals surface area contributed by atoms with Crippen LogP contribution in [0, 0.1) is 0 Å². The smallest absolute Gasteiger partial charge is 0.252 e. The molecule has 1 atom stereocenters. The van der Waals surface area contributed by atoms with E-state index in [0.717, 1.165) is 16.3 Å². The van der Waals surface area contributed by atoms with E-state index >= 15 is 0 Å². The predicted molar refractivity (Wildman–Crippen MR) is 89.4 cm³/mol. The maximum atomic E-state index is 12.7. The fourth-order valence-electron chi connectivity index (χ4n) is 1.90. The van der Waals surface area contributed by atoms with E-state index in [2.05, 4.69) is 5.32 Å². The molecule has 7 heteroatoms. The first-order valence-corrected chi connectivity index (χ1v) is 9.91. The molecule has 2 aromatic heterocycles. The van der Waals surface area contributed by atoms with Crippen molar-refractivity contribution in [2.45, 2.75) is 30.6 Å². The Morgan fingerprint density at radius 1 is 1.33 bits per heavy atom. The number of hydrogen-bond acceptors (Lipinski definition) is 5. The first kappa shape index (κ1) is 16.6. The van der Waals surface area contributed by atoms with Crippen molar-refractivity contribution in [1.82, 2.24) is 9.62 Å². The summed E-state index contributed by atoms with van der Waals surface area (Å²) >= 11 is 2.91. The van der Waals surface area contributed by atoms with Crippen molar-refractivity contribution in [3.8, 4) is 0 Å². The number of nitrogens with zero attached hydrogens (tertiary/aromatic N) is 1. The lowest BCUT2D eigenvalue weighted by molar-refractivity contribution is 0.404. The van der Waals surface area contributed by atoms with Gasteiger partial charge in [-0.3, -0.25) is 0 Å². The largest absolute Gasteiger partial charge is 0.312 e. The summed E-state index contributed by atoms with van der Waals surface area (Å²) in [6.07, 6.45) is 0. The molecule has 0 spiro atoms. The first-order chi connectivity index (χ1) is 9.96. The third-order valence-electron chi connectivity index (χ3n) is 3.32. The minimum atomic E-state index is -3.44. The van der Waals surface area contributed by atoms with Crippen LogP contribution in [0.5, 0.6) is 0 Å². The number of hydrogen-bond donors (Lipinski definition) is 1. The molecular formula is C14H20N2O2S3. The highest BCUT2D eigenvalue weighted by atomic mass is 32.2. The van der Waals surface area contributed by atoms with Crippen LogP contribution in [0.3, 0.4) is 0 Å². The lowest BCUT2D eigenvalue weighted by Crippen LogP contribution is -2.28. The molecule has 2 rings (SSSR count). The lowest BCUT2D eigenvalue weighted by atomic mass is 10.3. The van der Waals surface area contributed by atoms with E-state index < -0.39 is 10.0 Å². The Morgan fingerprint density at radius 2 is 2.10 bits per heavy atom. The van der Waals surface area contributed by atoms with Gasteiger partial charge >= 0.3 is 0 Å². The van der Waals surface area contributed by atoms with Crippen LogP contribution >= 0.6 is 22.7 Å². The molecule has 0 saturated carbocycles. The molecule has 2 aromatic rings. The summed E-state index contributed by atoms with van der Waals surface area (Å²) in [6, 6.07) is 7.33. The quantitative estimate of drug-likeness (QED) is 0.838. The second-order valence-corrected chi connectivity index (χ2v) is 9.09. The van der Waals surface area contributed by atoms with E-state index in [4.69, 9.17) is 0 Å². The Labute approximate surface area is 134 Å². The summed E-state index contributed by atoms with van der Waals surface area (Å²) < 4.78 is 27.2. The molecule has 0 aliphatic rings. The van der Waals surface area contributed by atoms with Crippen LogP contribution < -0.4 is 5.32 Å². The van der Waals surface area contributed by atoms with Gasteiger partial charge in [-0.1, -0.05) is 13.0 Å². The van der Waals surface area contributed by atoms with Gasteiger partial charge in [0.2, 0.25) is 0 Å². The SMILES string of the molecule is CCNCc1ccc(S(=O)(=O)N(C)C(C)c2cccs2)s1. The molecule has 116 valence electrons. The standard InChI is InChI=1S/C14H20N2O2S3/c1-4-15-10-12-7-8-14(20-12)21(17,18)16(3)11(2)13-6-5-9-19-13/h5-9,11,15H,4,10H2,1-3H3. The number of rotatable bonds is 7. The van der Waals surface area contributed by atoms with E-state index in [-0.39, 0.29) is 6.04 Å². The maximum Gasteiger partial charge on any atom is 0.252 e. The zero-order valence-corrected chi connectivity index (χ0v) is 14.8. The molecule has 1 N–H and O–H groups in total. The highest BCUT2D eigenvalue weighted by molar-refractivity contribution is 7.91. The summed E-state index contributed by atoms with van der Waals surface area (Å²) in [5.41, 5.74) is 0. The molecule has 4 nitrogen and oxygen atoms in total. The van der Waals surface area contributed by atoms with Crippen LogP contribution in [0.2, 0.25) is 0 Å². The Balaban J connectivity index is 2.19. The van der Waals surface area contributed by atoms with Crippen LogP contribution in [0.4, 0.5) is 0 Å². The fraction of sp³-hybridized carbons (Fsp3) is 0.429. The van der Waals surface area contributed by atoms with Gasteiger partial charge in [0.1, 0.15) is 4.21 Å². The van der Waals surface area contributed by atoms with Gasteiger partial charge in [-0.2, -0.15) is 4.31 Å². The molecule has 0 aliphatic heterocycles. The van der Waals surface area contributed by atoms with Crippen LogP contribution in [0.15, 0.2) is 33.9 Å². The molecule has 0 aromatic carbocycles. The monoisotopic (exact) mass is 344 g/mol. The number of thiophene rings is 2. The van der Waals surface area contributed by atoms with Gasteiger partial charge in [-0.25, -0.2) is 8.42 Å². The first-order valence-electron chi connectivity index (χ1n) is 6.77. The average molecular weight is 345 g/mol. The molecule has 2 heterocycles. The third-order valence-corrected chi connectivity index (χ3v) is 7.84. The van der Waals surface area contributed by atoms with Crippen molar-refractivity contribution >= 4 is 32.7 Å². The molecule has 1 unspecified atom stereocenters. The van der Waals surface area contributed by atoms with E-state index in [1.165, 1.54) is 15.6 Å². The van der Waals surface area contributed by atoms with Gasteiger partial charge in [-0.05, 0) is 37.0 Å². The van der Waals surface area contributed by atoms with E-state index in [1.807, 2.05) is 37.4 Å².